The third-order valence-corrected chi connectivity index (χ3v) is 5.12. The Morgan fingerprint density at radius 3 is 2.50 bits per heavy atom. The van der Waals surface area contributed by atoms with Gasteiger partial charge in [0.1, 0.15) is 0 Å². The summed E-state index contributed by atoms with van der Waals surface area (Å²) in [5, 5.41) is 0. The molecule has 1 aliphatic rings. The van der Waals surface area contributed by atoms with Gasteiger partial charge >= 0.3 is 0 Å². The fourth-order valence-corrected chi connectivity index (χ4v) is 3.84. The molecule has 1 aromatic heterocycles. The van der Waals surface area contributed by atoms with Gasteiger partial charge in [-0.15, -0.1) is 0 Å². The average Bonchev–Trinajstić information content (AvgIpc) is 2.55. The van der Waals surface area contributed by atoms with E-state index in [1.165, 1.54) is 42.4 Å². The van der Waals surface area contributed by atoms with E-state index in [4.69, 9.17) is 0 Å². The standard InChI is InChI=1S/C21H28N2O/c1-16-12-17(2)14-19(13-16)6-5-18-7-10-23(11-8-18)15-20-4-3-9-22-21(20)24/h3-4,9,12-14,18H,5-8,10-11,15H2,1-2H3,(H,22,24). The number of nitrogens with one attached hydrogen (secondary N) is 1. The van der Waals surface area contributed by atoms with Crippen molar-refractivity contribution in [2.75, 3.05) is 13.1 Å². The molecule has 0 saturated carbocycles. The van der Waals surface area contributed by atoms with Crippen molar-refractivity contribution >= 4 is 0 Å². The number of hydrogen-bond acceptors (Lipinski definition) is 2. The van der Waals surface area contributed by atoms with E-state index in [0.29, 0.717) is 0 Å². The van der Waals surface area contributed by atoms with Crippen LogP contribution in [0.1, 0.15) is 41.5 Å². The summed E-state index contributed by atoms with van der Waals surface area (Å²) in [6, 6.07) is 10.7. The number of aryl methyl sites for hydroxylation is 3. The van der Waals surface area contributed by atoms with Crippen LogP contribution in [-0.4, -0.2) is 23.0 Å². The highest BCUT2D eigenvalue weighted by Crippen LogP contribution is 2.23. The zero-order valence-electron chi connectivity index (χ0n) is 14.8. The summed E-state index contributed by atoms with van der Waals surface area (Å²) in [6.45, 7) is 7.35. The Morgan fingerprint density at radius 1 is 1.12 bits per heavy atom. The van der Waals surface area contributed by atoms with Crippen LogP contribution in [-0.2, 0) is 13.0 Å². The van der Waals surface area contributed by atoms with Crippen molar-refractivity contribution in [3.63, 3.8) is 0 Å². The molecule has 3 nitrogen and oxygen atoms in total. The van der Waals surface area contributed by atoms with E-state index in [1.54, 1.807) is 6.20 Å². The first-order chi connectivity index (χ1) is 11.6. The first-order valence-electron chi connectivity index (χ1n) is 9.06. The number of rotatable bonds is 5. The first kappa shape index (κ1) is 17.0. The van der Waals surface area contributed by atoms with Gasteiger partial charge in [0.2, 0.25) is 0 Å². The second-order valence-corrected chi connectivity index (χ2v) is 7.28. The van der Waals surface area contributed by atoms with E-state index in [1.807, 2.05) is 12.1 Å². The molecule has 1 aromatic carbocycles. The summed E-state index contributed by atoms with van der Waals surface area (Å²) < 4.78 is 0. The second-order valence-electron chi connectivity index (χ2n) is 7.28. The van der Waals surface area contributed by atoms with Gasteiger partial charge in [0.25, 0.3) is 5.56 Å². The Morgan fingerprint density at radius 2 is 1.83 bits per heavy atom. The van der Waals surface area contributed by atoms with Gasteiger partial charge in [-0.1, -0.05) is 35.4 Å². The summed E-state index contributed by atoms with van der Waals surface area (Å²) in [6.07, 6.45) is 6.66. The van der Waals surface area contributed by atoms with Gasteiger partial charge in [-0.25, -0.2) is 0 Å². The van der Waals surface area contributed by atoms with Crippen LogP contribution in [0.5, 0.6) is 0 Å². The Kier molecular flexibility index (Phi) is 5.52. The topological polar surface area (TPSA) is 36.1 Å². The third kappa shape index (κ3) is 4.57. The van der Waals surface area contributed by atoms with E-state index in [9.17, 15) is 4.79 Å². The quantitative estimate of drug-likeness (QED) is 0.907. The lowest BCUT2D eigenvalue weighted by atomic mass is 9.90. The average molecular weight is 324 g/mol. The number of likely N-dealkylation sites (tertiary alicyclic amines) is 1. The van der Waals surface area contributed by atoms with Crippen molar-refractivity contribution in [3.8, 4) is 0 Å². The van der Waals surface area contributed by atoms with Gasteiger partial charge in [-0.2, -0.15) is 0 Å². The molecule has 24 heavy (non-hydrogen) atoms. The van der Waals surface area contributed by atoms with Crippen molar-refractivity contribution < 1.29 is 0 Å². The fourth-order valence-electron chi connectivity index (χ4n) is 3.84. The third-order valence-electron chi connectivity index (χ3n) is 5.12. The van der Waals surface area contributed by atoms with E-state index in [2.05, 4.69) is 41.9 Å². The molecule has 1 fully saturated rings. The molecule has 1 aliphatic heterocycles. The molecule has 0 bridgehead atoms. The normalized spacial score (nSPS) is 16.4. The van der Waals surface area contributed by atoms with Gasteiger partial charge in [-0.05, 0) is 70.2 Å². The summed E-state index contributed by atoms with van der Waals surface area (Å²) in [7, 11) is 0. The number of nitrogens with zero attached hydrogens (tertiary/aromatic N) is 1. The Hall–Kier alpha value is -1.87. The minimum Gasteiger partial charge on any atom is -0.329 e. The summed E-state index contributed by atoms with van der Waals surface area (Å²) in [4.78, 5) is 17.0. The van der Waals surface area contributed by atoms with Crippen molar-refractivity contribution in [2.45, 2.75) is 46.1 Å². The lowest BCUT2D eigenvalue weighted by Gasteiger charge is -2.31. The van der Waals surface area contributed by atoms with Crippen molar-refractivity contribution in [3.05, 3.63) is 69.1 Å². The van der Waals surface area contributed by atoms with Gasteiger partial charge < -0.3 is 4.98 Å². The lowest BCUT2D eigenvalue weighted by Crippen LogP contribution is -2.34. The van der Waals surface area contributed by atoms with E-state index in [-0.39, 0.29) is 5.56 Å². The molecule has 2 heterocycles. The lowest BCUT2D eigenvalue weighted by molar-refractivity contribution is 0.172. The van der Waals surface area contributed by atoms with Crippen LogP contribution in [0.15, 0.2) is 41.3 Å². The van der Waals surface area contributed by atoms with Crippen molar-refractivity contribution in [1.82, 2.24) is 9.88 Å². The highest BCUT2D eigenvalue weighted by Gasteiger charge is 2.19. The summed E-state index contributed by atoms with van der Waals surface area (Å²) in [5.41, 5.74) is 5.15. The summed E-state index contributed by atoms with van der Waals surface area (Å²) >= 11 is 0. The van der Waals surface area contributed by atoms with Crippen LogP contribution in [0.3, 0.4) is 0 Å². The molecular formula is C21H28N2O. The predicted molar refractivity (Wildman–Crippen MR) is 99.3 cm³/mol. The van der Waals surface area contributed by atoms with Gasteiger partial charge in [-0.3, -0.25) is 9.69 Å². The van der Waals surface area contributed by atoms with E-state index < -0.39 is 0 Å². The highest BCUT2D eigenvalue weighted by atomic mass is 16.1. The molecule has 0 unspecified atom stereocenters. The second kappa shape index (κ2) is 7.80. The number of aromatic amines is 1. The van der Waals surface area contributed by atoms with Gasteiger partial charge in [0.05, 0.1) is 0 Å². The van der Waals surface area contributed by atoms with Crippen LogP contribution >= 0.6 is 0 Å². The molecule has 1 saturated heterocycles. The maximum atomic E-state index is 11.8. The molecule has 2 aromatic rings. The van der Waals surface area contributed by atoms with Crippen LogP contribution in [0, 0.1) is 19.8 Å². The first-order valence-corrected chi connectivity index (χ1v) is 9.06. The van der Waals surface area contributed by atoms with Crippen molar-refractivity contribution in [2.24, 2.45) is 5.92 Å². The molecule has 0 atom stereocenters. The molecule has 128 valence electrons. The number of aromatic nitrogens is 1. The van der Waals surface area contributed by atoms with Gasteiger partial charge in [0.15, 0.2) is 0 Å². The smallest absolute Gasteiger partial charge is 0.252 e. The Labute approximate surface area is 144 Å². The maximum Gasteiger partial charge on any atom is 0.252 e. The number of pyridine rings is 1. The Bertz CT molecular complexity index is 706. The van der Waals surface area contributed by atoms with E-state index in [0.717, 1.165) is 31.1 Å². The minimum atomic E-state index is 0.0504. The maximum absolute atomic E-state index is 11.8. The molecule has 0 amide bonds. The SMILES string of the molecule is Cc1cc(C)cc(CCC2CCN(Cc3ccc[nH]c3=O)CC2)c1. The number of benzene rings is 1. The monoisotopic (exact) mass is 324 g/mol. The van der Waals surface area contributed by atoms with Crippen LogP contribution < -0.4 is 5.56 Å². The molecule has 3 rings (SSSR count). The van der Waals surface area contributed by atoms with Crippen LogP contribution in [0.2, 0.25) is 0 Å². The number of hydrogen-bond donors (Lipinski definition) is 1. The van der Waals surface area contributed by atoms with Crippen molar-refractivity contribution in [1.29, 1.82) is 0 Å². The summed E-state index contributed by atoms with van der Waals surface area (Å²) in [5.74, 6) is 0.816. The molecule has 0 radical (unpaired) electrons. The van der Waals surface area contributed by atoms with E-state index >= 15 is 0 Å². The largest absolute Gasteiger partial charge is 0.329 e. The number of piperidine rings is 1. The highest BCUT2D eigenvalue weighted by molar-refractivity contribution is 5.28. The number of H-pyrrole nitrogens is 1. The van der Waals surface area contributed by atoms with Crippen LogP contribution in [0.25, 0.3) is 0 Å². The van der Waals surface area contributed by atoms with Gasteiger partial charge in [0, 0.05) is 18.3 Å². The predicted octanol–water partition coefficient (Wildman–Crippen LogP) is 3.84. The molecule has 0 spiro atoms. The fraction of sp³-hybridized carbons (Fsp3) is 0.476. The molecule has 3 heteroatoms. The molecule has 0 aliphatic carbocycles. The molecule has 1 N–H and O–H groups in total. The zero-order valence-corrected chi connectivity index (χ0v) is 14.8. The minimum absolute atomic E-state index is 0.0504. The Balaban J connectivity index is 1.47. The molecular weight excluding hydrogens is 296 g/mol. The van der Waals surface area contributed by atoms with Crippen LogP contribution in [0.4, 0.5) is 0 Å². The zero-order chi connectivity index (χ0) is 16.9.